The van der Waals surface area contributed by atoms with Gasteiger partial charge >= 0.3 is 0 Å². The molecule has 2 aromatic carbocycles. The van der Waals surface area contributed by atoms with Crippen LogP contribution in [-0.4, -0.2) is 10.9 Å². The van der Waals surface area contributed by atoms with Crippen LogP contribution in [0, 0.1) is 23.2 Å². The van der Waals surface area contributed by atoms with Crippen molar-refractivity contribution in [3.05, 3.63) is 60.0 Å². The van der Waals surface area contributed by atoms with E-state index in [1.54, 1.807) is 11.3 Å². The first-order valence-electron chi connectivity index (χ1n) is 11.1. The summed E-state index contributed by atoms with van der Waals surface area (Å²) >= 11 is 1.66. The van der Waals surface area contributed by atoms with E-state index < -0.39 is 0 Å². The lowest BCUT2D eigenvalue weighted by Gasteiger charge is -2.55. The van der Waals surface area contributed by atoms with E-state index in [1.165, 1.54) is 19.3 Å². The number of thiazole rings is 1. The van der Waals surface area contributed by atoms with Gasteiger partial charge in [0.2, 0.25) is 5.91 Å². The molecule has 4 fully saturated rings. The number of hydrogen-bond acceptors (Lipinski definition) is 3. The number of rotatable bonds is 4. The fourth-order valence-corrected chi connectivity index (χ4v) is 7.33. The number of anilines is 1. The highest BCUT2D eigenvalue weighted by molar-refractivity contribution is 7.13. The first-order chi connectivity index (χ1) is 14.7. The van der Waals surface area contributed by atoms with E-state index in [-0.39, 0.29) is 11.3 Å². The lowest BCUT2D eigenvalue weighted by molar-refractivity contribution is -0.140. The third-order valence-electron chi connectivity index (χ3n) is 7.48. The first-order valence-corrected chi connectivity index (χ1v) is 12.0. The summed E-state index contributed by atoms with van der Waals surface area (Å²) in [6, 6.07) is 18.5. The predicted molar refractivity (Wildman–Crippen MR) is 122 cm³/mol. The van der Waals surface area contributed by atoms with Crippen molar-refractivity contribution in [1.82, 2.24) is 4.98 Å². The molecule has 0 spiro atoms. The SMILES string of the molecule is O=C(Nc1ccc(-c2csc(-c3ccccc3)n2)cc1)C12CC3CC(CC(C3)C1)C2. The zero-order chi connectivity index (χ0) is 20.1. The number of carbonyl (C=O) groups excluding carboxylic acids is 1. The molecule has 0 aliphatic heterocycles. The average molecular weight is 415 g/mol. The van der Waals surface area contributed by atoms with Gasteiger partial charge < -0.3 is 5.32 Å². The third kappa shape index (κ3) is 3.18. The van der Waals surface area contributed by atoms with Crippen molar-refractivity contribution in [2.24, 2.45) is 23.2 Å². The van der Waals surface area contributed by atoms with Gasteiger partial charge in [-0.25, -0.2) is 4.98 Å². The van der Waals surface area contributed by atoms with E-state index in [1.807, 2.05) is 30.3 Å². The number of hydrogen-bond donors (Lipinski definition) is 1. The summed E-state index contributed by atoms with van der Waals surface area (Å²) in [6.07, 6.45) is 7.39. The Morgan fingerprint density at radius 1 is 0.867 bits per heavy atom. The number of carbonyl (C=O) groups is 1. The van der Waals surface area contributed by atoms with Crippen molar-refractivity contribution in [3.8, 4) is 21.8 Å². The second-order valence-electron chi connectivity index (χ2n) is 9.63. The predicted octanol–water partition coefficient (Wildman–Crippen LogP) is 6.63. The second kappa shape index (κ2) is 7.05. The van der Waals surface area contributed by atoms with Gasteiger partial charge in [-0.05, 0) is 68.4 Å². The van der Waals surface area contributed by atoms with Gasteiger partial charge in [0.1, 0.15) is 5.01 Å². The van der Waals surface area contributed by atoms with Crippen LogP contribution in [0.3, 0.4) is 0 Å². The van der Waals surface area contributed by atoms with Crippen molar-refractivity contribution >= 4 is 22.9 Å². The summed E-state index contributed by atoms with van der Waals surface area (Å²) in [5, 5.41) is 6.39. The normalized spacial score (nSPS) is 29.1. The standard InChI is InChI=1S/C26H26N2OS/c29-25(26-13-17-10-18(14-26)12-19(11-17)15-26)27-22-8-6-20(7-9-22)23-16-30-24(28-23)21-4-2-1-3-5-21/h1-9,16-19H,10-15H2,(H,27,29). The van der Waals surface area contributed by atoms with Gasteiger partial charge in [0.25, 0.3) is 0 Å². The van der Waals surface area contributed by atoms with Gasteiger partial charge in [-0.2, -0.15) is 0 Å². The molecular formula is C26H26N2OS. The van der Waals surface area contributed by atoms with E-state index in [4.69, 9.17) is 4.98 Å². The summed E-state index contributed by atoms with van der Waals surface area (Å²) in [4.78, 5) is 18.1. The van der Waals surface area contributed by atoms with E-state index in [2.05, 4.69) is 35.0 Å². The molecule has 0 radical (unpaired) electrons. The molecule has 1 amide bonds. The Morgan fingerprint density at radius 2 is 1.50 bits per heavy atom. The molecule has 4 aliphatic rings. The number of aromatic nitrogens is 1. The van der Waals surface area contributed by atoms with Gasteiger partial charge in [-0.15, -0.1) is 11.3 Å². The van der Waals surface area contributed by atoms with Crippen molar-refractivity contribution in [1.29, 1.82) is 0 Å². The molecule has 152 valence electrons. The van der Waals surface area contributed by atoms with Gasteiger partial charge in [-0.1, -0.05) is 42.5 Å². The largest absolute Gasteiger partial charge is 0.326 e. The summed E-state index contributed by atoms with van der Waals surface area (Å²) < 4.78 is 0. The Balaban J connectivity index is 1.17. The molecule has 4 aliphatic carbocycles. The van der Waals surface area contributed by atoms with Crippen molar-refractivity contribution in [2.45, 2.75) is 38.5 Å². The Kier molecular flexibility index (Phi) is 4.31. The molecule has 30 heavy (non-hydrogen) atoms. The fourth-order valence-electron chi connectivity index (χ4n) is 6.50. The van der Waals surface area contributed by atoms with Crippen LogP contribution in [0.5, 0.6) is 0 Å². The number of amides is 1. The van der Waals surface area contributed by atoms with Crippen molar-refractivity contribution in [2.75, 3.05) is 5.32 Å². The minimum absolute atomic E-state index is 0.104. The number of benzene rings is 2. The van der Waals surface area contributed by atoms with Crippen LogP contribution in [0.25, 0.3) is 21.8 Å². The average Bonchev–Trinajstić information content (AvgIpc) is 3.24. The van der Waals surface area contributed by atoms with Crippen LogP contribution < -0.4 is 5.32 Å². The third-order valence-corrected chi connectivity index (χ3v) is 8.37. The van der Waals surface area contributed by atoms with Crippen LogP contribution >= 0.6 is 11.3 Å². The second-order valence-corrected chi connectivity index (χ2v) is 10.5. The van der Waals surface area contributed by atoms with Crippen molar-refractivity contribution < 1.29 is 4.79 Å². The van der Waals surface area contributed by atoms with Gasteiger partial charge in [0, 0.05) is 22.2 Å². The molecule has 3 aromatic rings. The van der Waals surface area contributed by atoms with E-state index in [9.17, 15) is 4.79 Å². The van der Waals surface area contributed by atoms with Gasteiger partial charge in [0.15, 0.2) is 0 Å². The Bertz CT molecular complexity index is 1030. The van der Waals surface area contributed by atoms with Crippen LogP contribution in [-0.2, 0) is 4.79 Å². The summed E-state index contributed by atoms with van der Waals surface area (Å²) in [5.74, 6) is 2.61. The molecule has 1 heterocycles. The topological polar surface area (TPSA) is 42.0 Å². The quantitative estimate of drug-likeness (QED) is 0.520. The number of nitrogens with one attached hydrogen (secondary N) is 1. The summed E-state index contributed by atoms with van der Waals surface area (Å²) in [5.41, 5.74) is 4.01. The molecule has 1 aromatic heterocycles. The highest BCUT2D eigenvalue weighted by atomic mass is 32.1. The van der Waals surface area contributed by atoms with Crippen LogP contribution in [0.4, 0.5) is 5.69 Å². The minimum atomic E-state index is -0.104. The highest BCUT2D eigenvalue weighted by Gasteiger charge is 2.54. The monoisotopic (exact) mass is 414 g/mol. The Hall–Kier alpha value is -2.46. The molecule has 4 bridgehead atoms. The minimum Gasteiger partial charge on any atom is -0.326 e. The number of nitrogens with zero attached hydrogens (tertiary/aromatic N) is 1. The van der Waals surface area contributed by atoms with E-state index in [0.29, 0.717) is 0 Å². The van der Waals surface area contributed by atoms with Crippen LogP contribution in [0.2, 0.25) is 0 Å². The maximum absolute atomic E-state index is 13.3. The lowest BCUT2D eigenvalue weighted by atomic mass is 9.49. The van der Waals surface area contributed by atoms with Gasteiger partial charge in [-0.3, -0.25) is 4.79 Å². The molecule has 1 N–H and O–H groups in total. The molecule has 0 atom stereocenters. The molecule has 0 unspecified atom stereocenters. The van der Waals surface area contributed by atoms with Gasteiger partial charge in [0.05, 0.1) is 11.1 Å². The molecule has 7 rings (SSSR count). The highest BCUT2D eigenvalue weighted by Crippen LogP contribution is 2.60. The molecule has 4 heteroatoms. The van der Waals surface area contributed by atoms with Crippen LogP contribution in [0.15, 0.2) is 60.0 Å². The maximum Gasteiger partial charge on any atom is 0.230 e. The van der Waals surface area contributed by atoms with E-state index in [0.717, 1.165) is 64.5 Å². The van der Waals surface area contributed by atoms with Crippen LogP contribution in [0.1, 0.15) is 38.5 Å². The van der Waals surface area contributed by atoms with E-state index >= 15 is 0 Å². The maximum atomic E-state index is 13.3. The molecule has 4 saturated carbocycles. The first kappa shape index (κ1) is 18.3. The molecule has 0 saturated heterocycles. The molecule has 3 nitrogen and oxygen atoms in total. The lowest BCUT2D eigenvalue weighted by Crippen LogP contribution is -2.51. The smallest absolute Gasteiger partial charge is 0.230 e. The summed E-state index contributed by atoms with van der Waals surface area (Å²) in [6.45, 7) is 0. The summed E-state index contributed by atoms with van der Waals surface area (Å²) in [7, 11) is 0. The Labute approximate surface area is 181 Å². The van der Waals surface area contributed by atoms with Crippen molar-refractivity contribution in [3.63, 3.8) is 0 Å². The Morgan fingerprint density at radius 3 is 2.13 bits per heavy atom. The zero-order valence-electron chi connectivity index (χ0n) is 17.0. The molecular weight excluding hydrogens is 388 g/mol. The fraction of sp³-hybridized carbons (Fsp3) is 0.385. The zero-order valence-corrected chi connectivity index (χ0v) is 17.8.